The first kappa shape index (κ1) is 27.2. The van der Waals surface area contributed by atoms with Crippen molar-refractivity contribution in [2.45, 2.75) is 12.7 Å². The van der Waals surface area contributed by atoms with E-state index in [2.05, 4.69) is 5.32 Å². The Morgan fingerprint density at radius 1 is 1.00 bits per heavy atom. The third kappa shape index (κ3) is 6.41. The standard InChI is InChI=1S/C24H22ClF3N2O5S/c1-34-21-12-19(23(31)29-18-6-4-5-16(11-18)24(26,27)28)20(13-22(21)35-2)30(36(3,32)33)14-15-7-9-17(25)10-8-15/h4-13H,14H2,1-3H3,(H,29,31). The van der Waals surface area contributed by atoms with Gasteiger partial charge in [-0.3, -0.25) is 9.10 Å². The summed E-state index contributed by atoms with van der Waals surface area (Å²) in [4.78, 5) is 13.3. The number of benzene rings is 3. The van der Waals surface area contributed by atoms with Gasteiger partial charge in [-0.05, 0) is 42.0 Å². The van der Waals surface area contributed by atoms with E-state index >= 15 is 0 Å². The van der Waals surface area contributed by atoms with E-state index in [1.54, 1.807) is 24.3 Å². The Morgan fingerprint density at radius 2 is 1.61 bits per heavy atom. The highest BCUT2D eigenvalue weighted by molar-refractivity contribution is 7.92. The summed E-state index contributed by atoms with van der Waals surface area (Å²) in [5.74, 6) is -0.585. The second-order valence-corrected chi connectivity index (χ2v) is 10.00. The van der Waals surface area contributed by atoms with Crippen molar-refractivity contribution in [1.82, 2.24) is 0 Å². The summed E-state index contributed by atoms with van der Waals surface area (Å²) < 4.78 is 76.5. The molecule has 0 saturated heterocycles. The zero-order valence-electron chi connectivity index (χ0n) is 19.4. The third-order valence-electron chi connectivity index (χ3n) is 5.10. The van der Waals surface area contributed by atoms with Gasteiger partial charge in [-0.2, -0.15) is 13.2 Å². The van der Waals surface area contributed by atoms with Crippen molar-refractivity contribution in [1.29, 1.82) is 0 Å². The lowest BCUT2D eigenvalue weighted by Crippen LogP contribution is -2.31. The molecular weight excluding hydrogens is 521 g/mol. The topological polar surface area (TPSA) is 84.9 Å². The summed E-state index contributed by atoms with van der Waals surface area (Å²) in [5.41, 5.74) is -0.727. The maximum absolute atomic E-state index is 13.3. The van der Waals surface area contributed by atoms with Crippen molar-refractivity contribution in [3.8, 4) is 11.5 Å². The van der Waals surface area contributed by atoms with Crippen LogP contribution >= 0.6 is 11.6 Å². The summed E-state index contributed by atoms with van der Waals surface area (Å²) in [6.45, 7) is -0.157. The number of hydrogen-bond acceptors (Lipinski definition) is 5. The van der Waals surface area contributed by atoms with Crippen LogP contribution in [0.5, 0.6) is 11.5 Å². The highest BCUT2D eigenvalue weighted by atomic mass is 35.5. The molecule has 0 unspecified atom stereocenters. The monoisotopic (exact) mass is 542 g/mol. The lowest BCUT2D eigenvalue weighted by Gasteiger charge is -2.26. The predicted octanol–water partition coefficient (Wildman–Crippen LogP) is 5.59. The van der Waals surface area contributed by atoms with Gasteiger partial charge >= 0.3 is 6.18 Å². The van der Waals surface area contributed by atoms with Crippen LogP contribution in [-0.4, -0.2) is 34.8 Å². The number of amides is 1. The Labute approximate surface area is 211 Å². The first-order valence-corrected chi connectivity index (χ1v) is 12.5. The smallest absolute Gasteiger partial charge is 0.416 e. The van der Waals surface area contributed by atoms with E-state index in [0.717, 1.165) is 28.8 Å². The van der Waals surface area contributed by atoms with E-state index in [9.17, 15) is 26.4 Å². The molecule has 0 atom stereocenters. The third-order valence-corrected chi connectivity index (χ3v) is 6.48. The van der Waals surface area contributed by atoms with Crippen LogP contribution in [0, 0.1) is 0 Å². The number of ether oxygens (including phenoxy) is 2. The largest absolute Gasteiger partial charge is 0.493 e. The van der Waals surface area contributed by atoms with Crippen LogP contribution in [0.15, 0.2) is 60.7 Å². The minimum atomic E-state index is -4.61. The lowest BCUT2D eigenvalue weighted by atomic mass is 10.1. The normalized spacial score (nSPS) is 11.6. The van der Waals surface area contributed by atoms with Crippen LogP contribution in [0.3, 0.4) is 0 Å². The molecule has 0 aliphatic carbocycles. The Bertz CT molecular complexity index is 1360. The fraction of sp³-hybridized carbons (Fsp3) is 0.208. The average Bonchev–Trinajstić information content (AvgIpc) is 2.81. The van der Waals surface area contributed by atoms with Crippen LogP contribution < -0.4 is 19.1 Å². The van der Waals surface area contributed by atoms with Crippen molar-refractivity contribution < 1.29 is 35.9 Å². The van der Waals surface area contributed by atoms with Crippen molar-refractivity contribution in [2.24, 2.45) is 0 Å². The minimum absolute atomic E-state index is 0.0606. The summed E-state index contributed by atoms with van der Waals surface area (Å²) in [5, 5.41) is 2.86. The summed E-state index contributed by atoms with van der Waals surface area (Å²) in [7, 11) is -1.28. The van der Waals surface area contributed by atoms with Crippen LogP contribution in [0.1, 0.15) is 21.5 Å². The van der Waals surface area contributed by atoms with Crippen molar-refractivity contribution in [2.75, 3.05) is 30.1 Å². The second kappa shape index (κ2) is 10.7. The molecule has 0 bridgehead atoms. The Hall–Kier alpha value is -3.44. The molecule has 3 aromatic rings. The molecule has 3 rings (SSSR count). The van der Waals surface area contributed by atoms with Crippen LogP contribution in [0.2, 0.25) is 5.02 Å². The van der Waals surface area contributed by atoms with Gasteiger partial charge in [-0.15, -0.1) is 0 Å². The van der Waals surface area contributed by atoms with Gasteiger partial charge in [0.05, 0.1) is 43.8 Å². The van der Waals surface area contributed by atoms with E-state index in [4.69, 9.17) is 21.1 Å². The van der Waals surface area contributed by atoms with E-state index in [1.165, 1.54) is 32.4 Å². The molecule has 0 heterocycles. The number of carbonyl (C=O) groups is 1. The van der Waals surface area contributed by atoms with Crippen LogP contribution in [0.25, 0.3) is 0 Å². The number of carbonyl (C=O) groups excluding carboxylic acids is 1. The van der Waals surface area contributed by atoms with Gasteiger partial charge in [0, 0.05) is 16.8 Å². The fourth-order valence-electron chi connectivity index (χ4n) is 3.36. The highest BCUT2D eigenvalue weighted by Gasteiger charge is 2.31. The van der Waals surface area contributed by atoms with Gasteiger partial charge in [0.1, 0.15) is 0 Å². The predicted molar refractivity (Wildman–Crippen MR) is 131 cm³/mol. The molecule has 1 N–H and O–H groups in total. The molecule has 1 amide bonds. The number of rotatable bonds is 8. The molecule has 0 saturated carbocycles. The lowest BCUT2D eigenvalue weighted by molar-refractivity contribution is -0.137. The first-order chi connectivity index (χ1) is 16.8. The number of methoxy groups -OCH3 is 2. The van der Waals surface area contributed by atoms with Gasteiger partial charge in [0.25, 0.3) is 5.91 Å². The van der Waals surface area contributed by atoms with Gasteiger partial charge in [0.15, 0.2) is 11.5 Å². The quantitative estimate of drug-likeness (QED) is 0.401. The number of hydrogen-bond donors (Lipinski definition) is 1. The number of sulfonamides is 1. The molecule has 0 spiro atoms. The minimum Gasteiger partial charge on any atom is -0.493 e. The van der Waals surface area contributed by atoms with Crippen molar-refractivity contribution in [3.63, 3.8) is 0 Å². The zero-order valence-corrected chi connectivity index (χ0v) is 21.0. The Morgan fingerprint density at radius 3 is 2.17 bits per heavy atom. The Balaban J connectivity index is 2.12. The van der Waals surface area contributed by atoms with E-state index in [1.807, 2.05) is 0 Å². The molecule has 0 aromatic heterocycles. The SMILES string of the molecule is COc1cc(C(=O)Nc2cccc(C(F)(F)F)c2)c(N(Cc2ccc(Cl)cc2)S(C)(=O)=O)cc1OC. The van der Waals surface area contributed by atoms with Gasteiger partial charge in [-0.1, -0.05) is 29.8 Å². The first-order valence-electron chi connectivity index (χ1n) is 10.3. The molecule has 0 aliphatic heterocycles. The van der Waals surface area contributed by atoms with Gasteiger partial charge < -0.3 is 14.8 Å². The van der Waals surface area contributed by atoms with E-state index in [0.29, 0.717) is 10.6 Å². The molecule has 0 aliphatic rings. The summed E-state index contributed by atoms with van der Waals surface area (Å²) in [6.07, 6.45) is -3.64. The molecule has 36 heavy (non-hydrogen) atoms. The summed E-state index contributed by atoms with van der Waals surface area (Å²) >= 11 is 5.93. The van der Waals surface area contributed by atoms with Gasteiger partial charge in [-0.25, -0.2) is 8.42 Å². The summed E-state index contributed by atoms with van der Waals surface area (Å²) in [6, 6.07) is 13.1. The van der Waals surface area contributed by atoms with E-state index < -0.39 is 27.7 Å². The number of nitrogens with one attached hydrogen (secondary N) is 1. The van der Waals surface area contributed by atoms with Crippen LogP contribution in [0.4, 0.5) is 24.5 Å². The molecule has 192 valence electrons. The number of alkyl halides is 3. The number of nitrogens with zero attached hydrogens (tertiary/aromatic N) is 1. The van der Waals surface area contributed by atoms with Crippen molar-refractivity contribution >= 4 is 38.9 Å². The zero-order chi connectivity index (χ0) is 26.7. The molecule has 0 fully saturated rings. The maximum Gasteiger partial charge on any atom is 0.416 e. The second-order valence-electron chi connectivity index (χ2n) is 7.65. The number of halogens is 4. The van der Waals surface area contributed by atoms with Crippen LogP contribution in [-0.2, 0) is 22.7 Å². The van der Waals surface area contributed by atoms with E-state index in [-0.39, 0.29) is 35.0 Å². The highest BCUT2D eigenvalue weighted by Crippen LogP contribution is 2.38. The van der Waals surface area contributed by atoms with Crippen molar-refractivity contribution in [3.05, 3.63) is 82.4 Å². The van der Waals surface area contributed by atoms with Gasteiger partial charge in [0.2, 0.25) is 10.0 Å². The fourth-order valence-corrected chi connectivity index (χ4v) is 4.38. The molecule has 7 nitrogen and oxygen atoms in total. The molecular formula is C24H22ClF3N2O5S. The molecule has 3 aromatic carbocycles. The Kier molecular flexibility index (Phi) is 8.05. The molecule has 12 heteroatoms. The maximum atomic E-state index is 13.3. The average molecular weight is 543 g/mol. The molecule has 0 radical (unpaired) electrons. The number of anilines is 2.